The second-order valence-corrected chi connectivity index (χ2v) is 22.2. The number of hydrogen-bond donors (Lipinski definition) is 0. The summed E-state index contributed by atoms with van der Waals surface area (Å²) in [6.45, 7) is 12.4. The number of unbranched alkanes of at least 4 members (excludes halogenated alkanes) is 45. The molecule has 0 saturated carbocycles. The highest BCUT2D eigenvalue weighted by Gasteiger charge is 2.49. The fourth-order valence-electron chi connectivity index (χ4n) is 10.9. The molecule has 0 radical (unpaired) electrons. The molecule has 0 fully saturated rings. The fraction of sp³-hybridized carbons (Fsp3) is 0.969. The third-order valence-electron chi connectivity index (χ3n) is 15.6. The van der Waals surface area contributed by atoms with Crippen molar-refractivity contribution < 1.29 is 19.1 Å². The van der Waals surface area contributed by atoms with Crippen molar-refractivity contribution in [3.8, 4) is 0 Å². The number of ether oxygens (including phenoxy) is 2. The minimum absolute atomic E-state index is 0.0618. The highest BCUT2D eigenvalue weighted by Crippen LogP contribution is 2.44. The van der Waals surface area contributed by atoms with E-state index in [2.05, 4.69) is 34.6 Å². The summed E-state index contributed by atoms with van der Waals surface area (Å²) in [7, 11) is 0. The van der Waals surface area contributed by atoms with E-state index in [1.54, 1.807) is 0 Å². The average Bonchev–Trinajstić information content (AvgIpc) is 3.34. The van der Waals surface area contributed by atoms with Gasteiger partial charge in [-0.05, 0) is 32.1 Å². The van der Waals surface area contributed by atoms with E-state index in [1.165, 1.54) is 257 Å². The third-order valence-corrected chi connectivity index (χ3v) is 15.6. The minimum Gasteiger partial charge on any atom is -0.465 e. The van der Waals surface area contributed by atoms with Gasteiger partial charge in [0.05, 0.1) is 24.5 Å². The van der Waals surface area contributed by atoms with E-state index in [0.717, 1.165) is 83.5 Å². The van der Waals surface area contributed by atoms with Crippen molar-refractivity contribution in [2.75, 3.05) is 13.2 Å². The quantitative estimate of drug-likeness (QED) is 0.0450. The summed E-state index contributed by atoms with van der Waals surface area (Å²) in [6, 6.07) is 0. The zero-order valence-electron chi connectivity index (χ0n) is 47.6. The van der Waals surface area contributed by atoms with Crippen LogP contribution in [-0.4, -0.2) is 25.2 Å². The van der Waals surface area contributed by atoms with Gasteiger partial charge >= 0.3 is 11.9 Å². The molecular formula is C64H126O4. The Morgan fingerprint density at radius 2 is 0.500 bits per heavy atom. The van der Waals surface area contributed by atoms with Crippen LogP contribution in [0.4, 0.5) is 0 Å². The smallest absolute Gasteiger partial charge is 0.312 e. The van der Waals surface area contributed by atoms with Crippen molar-refractivity contribution >= 4 is 11.9 Å². The van der Waals surface area contributed by atoms with Crippen LogP contribution in [0.2, 0.25) is 0 Å². The summed E-state index contributed by atoms with van der Waals surface area (Å²) in [4.78, 5) is 29.8. The SMILES string of the molecule is CCCCCCCCCCCCOC(=O)C(CCCCCCCCCCCC)C(CCCCCCCCCCCC)(CCCCCCCCCCCC)C(=O)OCCCCCCCCCCCC. The summed E-state index contributed by atoms with van der Waals surface area (Å²) in [5.74, 6) is -0.558. The molecule has 0 aromatic heterocycles. The summed E-state index contributed by atoms with van der Waals surface area (Å²) < 4.78 is 12.8. The molecular weight excluding hydrogens is 833 g/mol. The second kappa shape index (κ2) is 55.3. The van der Waals surface area contributed by atoms with E-state index in [4.69, 9.17) is 9.47 Å². The van der Waals surface area contributed by atoms with E-state index >= 15 is 4.79 Å². The topological polar surface area (TPSA) is 52.6 Å². The number of hydrogen-bond acceptors (Lipinski definition) is 4. The average molecular weight is 960 g/mol. The monoisotopic (exact) mass is 959 g/mol. The van der Waals surface area contributed by atoms with Crippen molar-refractivity contribution in [3.63, 3.8) is 0 Å². The van der Waals surface area contributed by atoms with Gasteiger partial charge in [-0.1, -0.05) is 343 Å². The van der Waals surface area contributed by atoms with Crippen molar-refractivity contribution in [2.24, 2.45) is 11.3 Å². The van der Waals surface area contributed by atoms with Crippen LogP contribution in [0.15, 0.2) is 0 Å². The largest absolute Gasteiger partial charge is 0.465 e. The molecule has 0 amide bonds. The van der Waals surface area contributed by atoms with Crippen LogP contribution < -0.4 is 0 Å². The lowest BCUT2D eigenvalue weighted by Crippen LogP contribution is -2.45. The predicted octanol–water partition coefficient (Wildman–Crippen LogP) is 22.5. The predicted molar refractivity (Wildman–Crippen MR) is 301 cm³/mol. The van der Waals surface area contributed by atoms with E-state index in [0.29, 0.717) is 13.2 Å². The number of rotatable bonds is 58. The normalized spacial score (nSPS) is 12.2. The molecule has 0 heterocycles. The minimum atomic E-state index is -0.785. The van der Waals surface area contributed by atoms with E-state index in [-0.39, 0.29) is 11.9 Å². The Morgan fingerprint density at radius 1 is 0.279 bits per heavy atom. The molecule has 4 heteroatoms. The third kappa shape index (κ3) is 42.6. The number of esters is 2. The standard InChI is InChI=1S/C64H126O4/c1-6-11-16-21-26-31-36-41-46-51-56-61(62(65)67-59-54-49-44-39-34-29-24-19-14-9-4)64(57-52-47-42-37-32-27-22-17-12-7-2,58-53-48-43-38-33-28-23-18-13-8-3)63(66)68-60-55-50-45-40-35-30-25-20-15-10-5/h61H,6-60H2,1-5H3. The Kier molecular flexibility index (Phi) is 54.4. The first kappa shape index (κ1) is 66.9. The second-order valence-electron chi connectivity index (χ2n) is 22.2. The molecule has 0 N–H and O–H groups in total. The number of carbonyl (C=O) groups excluding carboxylic acids is 2. The Morgan fingerprint density at radius 3 is 0.779 bits per heavy atom. The first-order chi connectivity index (χ1) is 33.5. The first-order valence-corrected chi connectivity index (χ1v) is 31.9. The Hall–Kier alpha value is -1.06. The van der Waals surface area contributed by atoms with Crippen LogP contribution in [0.1, 0.15) is 375 Å². The zero-order valence-corrected chi connectivity index (χ0v) is 47.6. The van der Waals surface area contributed by atoms with Gasteiger partial charge in [0.25, 0.3) is 0 Å². The van der Waals surface area contributed by atoms with Crippen LogP contribution in [0.25, 0.3) is 0 Å². The van der Waals surface area contributed by atoms with E-state index in [9.17, 15) is 4.79 Å². The van der Waals surface area contributed by atoms with Crippen molar-refractivity contribution in [1.82, 2.24) is 0 Å². The lowest BCUT2D eigenvalue weighted by atomic mass is 9.66. The van der Waals surface area contributed by atoms with Gasteiger partial charge in [-0.2, -0.15) is 0 Å². The highest BCUT2D eigenvalue weighted by molar-refractivity contribution is 5.85. The highest BCUT2D eigenvalue weighted by atomic mass is 16.5. The maximum Gasteiger partial charge on any atom is 0.312 e. The molecule has 4 nitrogen and oxygen atoms in total. The maximum atomic E-state index is 15.1. The summed E-state index contributed by atoms with van der Waals surface area (Å²) >= 11 is 0. The van der Waals surface area contributed by atoms with Gasteiger partial charge in [0, 0.05) is 0 Å². The van der Waals surface area contributed by atoms with Crippen molar-refractivity contribution in [3.05, 3.63) is 0 Å². The van der Waals surface area contributed by atoms with Crippen LogP contribution in [-0.2, 0) is 19.1 Å². The molecule has 406 valence electrons. The van der Waals surface area contributed by atoms with Crippen molar-refractivity contribution in [2.45, 2.75) is 375 Å². The molecule has 0 saturated heterocycles. The van der Waals surface area contributed by atoms with Gasteiger partial charge in [-0.3, -0.25) is 9.59 Å². The van der Waals surface area contributed by atoms with Crippen LogP contribution in [0.5, 0.6) is 0 Å². The first-order valence-electron chi connectivity index (χ1n) is 31.9. The van der Waals surface area contributed by atoms with Gasteiger partial charge in [-0.25, -0.2) is 0 Å². The molecule has 0 rings (SSSR count). The Labute approximate surface area is 428 Å². The van der Waals surface area contributed by atoms with Gasteiger partial charge in [0.15, 0.2) is 0 Å². The molecule has 68 heavy (non-hydrogen) atoms. The molecule has 1 atom stereocenters. The molecule has 0 aromatic carbocycles. The molecule has 0 spiro atoms. The molecule has 0 aliphatic rings. The van der Waals surface area contributed by atoms with Crippen molar-refractivity contribution in [1.29, 1.82) is 0 Å². The Balaban J connectivity index is 6.12. The van der Waals surface area contributed by atoms with E-state index < -0.39 is 11.3 Å². The lowest BCUT2D eigenvalue weighted by molar-refractivity contribution is -0.172. The molecule has 0 aromatic rings. The van der Waals surface area contributed by atoms with Crippen LogP contribution >= 0.6 is 0 Å². The molecule has 0 aliphatic heterocycles. The number of carbonyl (C=O) groups is 2. The fourth-order valence-corrected chi connectivity index (χ4v) is 10.9. The van der Waals surface area contributed by atoms with Gasteiger partial charge in [-0.15, -0.1) is 0 Å². The lowest BCUT2D eigenvalue weighted by Gasteiger charge is -2.38. The van der Waals surface area contributed by atoms with Gasteiger partial charge in [0.2, 0.25) is 0 Å². The zero-order chi connectivity index (χ0) is 49.5. The van der Waals surface area contributed by atoms with Gasteiger partial charge in [0.1, 0.15) is 0 Å². The van der Waals surface area contributed by atoms with Crippen LogP contribution in [0.3, 0.4) is 0 Å². The van der Waals surface area contributed by atoms with Crippen LogP contribution in [0, 0.1) is 11.3 Å². The summed E-state index contributed by atoms with van der Waals surface area (Å²) in [6.07, 6.45) is 65.7. The maximum absolute atomic E-state index is 15.1. The Bertz CT molecular complexity index is 968. The molecule has 0 aliphatic carbocycles. The summed E-state index contributed by atoms with van der Waals surface area (Å²) in [5, 5.41) is 0. The van der Waals surface area contributed by atoms with Gasteiger partial charge < -0.3 is 9.47 Å². The molecule has 0 bridgehead atoms. The summed E-state index contributed by atoms with van der Waals surface area (Å²) in [5.41, 5.74) is -0.785. The molecule has 1 unspecified atom stereocenters. The van der Waals surface area contributed by atoms with E-state index in [1.807, 2.05) is 0 Å².